The minimum absolute atomic E-state index is 0.107. The van der Waals surface area contributed by atoms with Gasteiger partial charge in [-0.2, -0.15) is 0 Å². The van der Waals surface area contributed by atoms with Gasteiger partial charge in [-0.1, -0.05) is 18.2 Å². The molecule has 0 bridgehead atoms. The van der Waals surface area contributed by atoms with Crippen LogP contribution in [-0.4, -0.2) is 53.0 Å². The summed E-state index contributed by atoms with van der Waals surface area (Å²) in [5, 5.41) is 3.51. The van der Waals surface area contributed by atoms with Crippen LogP contribution in [0.3, 0.4) is 0 Å². The number of hydrogen-bond acceptors (Lipinski definition) is 7. The largest absolute Gasteiger partial charge is 0.454 e. The highest BCUT2D eigenvalue weighted by Crippen LogP contribution is 2.38. The molecule has 10 heteroatoms. The highest BCUT2D eigenvalue weighted by molar-refractivity contribution is 7.18. The number of ether oxygens (including phenoxy) is 2. The molecular formula is C23H22N4O5S. The van der Waals surface area contributed by atoms with E-state index in [2.05, 4.69) is 10.3 Å². The fourth-order valence-corrected chi connectivity index (χ4v) is 5.00. The first-order valence-corrected chi connectivity index (χ1v) is 11.2. The Morgan fingerprint density at radius 3 is 2.79 bits per heavy atom. The molecule has 0 spiro atoms. The Balaban J connectivity index is 1.32. The predicted molar refractivity (Wildman–Crippen MR) is 121 cm³/mol. The number of hydrogen-bond donors (Lipinski definition) is 1. The summed E-state index contributed by atoms with van der Waals surface area (Å²) in [5.74, 6) is 0.229. The average molecular weight is 467 g/mol. The van der Waals surface area contributed by atoms with Crippen LogP contribution in [0.5, 0.6) is 11.5 Å². The molecule has 3 heterocycles. The summed E-state index contributed by atoms with van der Waals surface area (Å²) >= 11 is 1.51. The van der Waals surface area contributed by atoms with Crippen LogP contribution in [0.1, 0.15) is 30.5 Å². The number of benzene rings is 2. The number of likely N-dealkylation sites (N-methyl/N-ethyl adjacent to an activating group) is 1. The lowest BCUT2D eigenvalue weighted by Gasteiger charge is -2.26. The number of amides is 4. The van der Waals surface area contributed by atoms with Crippen molar-refractivity contribution in [1.29, 1.82) is 0 Å². The number of imide groups is 1. The maximum Gasteiger partial charge on any atom is 0.325 e. The van der Waals surface area contributed by atoms with E-state index in [9.17, 15) is 14.4 Å². The monoisotopic (exact) mass is 466 g/mol. The van der Waals surface area contributed by atoms with Gasteiger partial charge in [0.2, 0.25) is 12.7 Å². The van der Waals surface area contributed by atoms with Crippen molar-refractivity contribution in [3.63, 3.8) is 0 Å². The summed E-state index contributed by atoms with van der Waals surface area (Å²) in [7, 11) is 1.65. The van der Waals surface area contributed by atoms with Crippen LogP contribution < -0.4 is 14.8 Å². The summed E-state index contributed by atoms with van der Waals surface area (Å²) in [6.07, 6.45) is 0. The molecule has 4 amide bonds. The molecule has 170 valence electrons. The van der Waals surface area contributed by atoms with Gasteiger partial charge in [-0.3, -0.25) is 14.5 Å². The number of nitrogens with zero attached hydrogens (tertiary/aromatic N) is 3. The fourth-order valence-electron chi connectivity index (χ4n) is 3.94. The summed E-state index contributed by atoms with van der Waals surface area (Å²) in [4.78, 5) is 46.0. The van der Waals surface area contributed by atoms with E-state index in [1.807, 2.05) is 31.2 Å². The second-order valence-corrected chi connectivity index (χ2v) is 9.28. The molecule has 33 heavy (non-hydrogen) atoms. The zero-order valence-electron chi connectivity index (χ0n) is 18.3. The lowest BCUT2D eigenvalue weighted by molar-refractivity contribution is -0.139. The van der Waals surface area contributed by atoms with Gasteiger partial charge in [0.15, 0.2) is 11.5 Å². The number of carbonyl (C=O) groups is 3. The Bertz CT molecular complexity index is 1260. The zero-order valence-corrected chi connectivity index (χ0v) is 19.1. The molecule has 3 aromatic rings. The van der Waals surface area contributed by atoms with Crippen LogP contribution in [0.25, 0.3) is 10.2 Å². The summed E-state index contributed by atoms with van der Waals surface area (Å²) < 4.78 is 11.7. The third kappa shape index (κ3) is 3.46. The molecule has 2 aliphatic rings. The van der Waals surface area contributed by atoms with Crippen molar-refractivity contribution >= 4 is 39.4 Å². The molecule has 1 saturated heterocycles. The minimum Gasteiger partial charge on any atom is -0.454 e. The van der Waals surface area contributed by atoms with Crippen LogP contribution in [0.4, 0.5) is 4.79 Å². The van der Waals surface area contributed by atoms with E-state index in [4.69, 9.17) is 9.47 Å². The molecule has 2 unspecified atom stereocenters. The smallest absolute Gasteiger partial charge is 0.325 e. The van der Waals surface area contributed by atoms with Gasteiger partial charge in [-0.05, 0) is 43.7 Å². The quantitative estimate of drug-likeness (QED) is 0.580. The number of para-hydroxylation sites is 1. The van der Waals surface area contributed by atoms with Gasteiger partial charge in [0.25, 0.3) is 5.91 Å². The second kappa shape index (κ2) is 7.73. The van der Waals surface area contributed by atoms with E-state index in [0.29, 0.717) is 17.1 Å². The molecule has 1 fully saturated rings. The first kappa shape index (κ1) is 21.2. The standard InChI is InChI=1S/C23H22N4O5S/c1-13(20-24-15-6-4-5-7-18(15)33-20)26(3)19(28)11-27-21(29)23(2,25-22(27)30)14-8-9-16-17(10-14)32-12-31-16/h4-10,13H,11-12H2,1-3H3,(H,25,30). The minimum atomic E-state index is -1.31. The van der Waals surface area contributed by atoms with Crippen molar-refractivity contribution in [3.8, 4) is 11.5 Å². The van der Waals surface area contributed by atoms with Crippen molar-refractivity contribution in [2.24, 2.45) is 0 Å². The van der Waals surface area contributed by atoms with E-state index in [1.165, 1.54) is 16.2 Å². The topological polar surface area (TPSA) is 101 Å². The van der Waals surface area contributed by atoms with Crippen LogP contribution in [0, 0.1) is 0 Å². The van der Waals surface area contributed by atoms with Crippen LogP contribution >= 0.6 is 11.3 Å². The Labute approximate surface area is 193 Å². The lowest BCUT2D eigenvalue weighted by atomic mass is 9.91. The third-order valence-electron chi connectivity index (χ3n) is 6.16. The van der Waals surface area contributed by atoms with Gasteiger partial charge in [-0.25, -0.2) is 9.78 Å². The van der Waals surface area contributed by atoms with Crippen molar-refractivity contribution < 1.29 is 23.9 Å². The third-order valence-corrected chi connectivity index (χ3v) is 7.37. The highest BCUT2D eigenvalue weighted by Gasteiger charge is 2.50. The zero-order chi connectivity index (χ0) is 23.3. The van der Waals surface area contributed by atoms with E-state index in [1.54, 1.807) is 32.2 Å². The first-order chi connectivity index (χ1) is 15.8. The molecule has 2 atom stereocenters. The number of thiazole rings is 1. The number of aromatic nitrogens is 1. The van der Waals surface area contributed by atoms with Gasteiger partial charge in [0.05, 0.1) is 16.3 Å². The van der Waals surface area contributed by atoms with E-state index >= 15 is 0 Å². The Morgan fingerprint density at radius 2 is 2.00 bits per heavy atom. The molecule has 2 aliphatic heterocycles. The SMILES string of the molecule is CC(c1nc2ccccc2s1)N(C)C(=O)CN1C(=O)NC(C)(c2ccc3c(c2)OCO3)C1=O. The fraction of sp³-hybridized carbons (Fsp3) is 0.304. The normalized spacial score (nSPS) is 20.3. The van der Waals surface area contributed by atoms with Crippen molar-refractivity contribution in [1.82, 2.24) is 20.1 Å². The molecule has 1 aromatic heterocycles. The van der Waals surface area contributed by atoms with Crippen LogP contribution in [0.2, 0.25) is 0 Å². The predicted octanol–water partition coefficient (Wildman–Crippen LogP) is 3.01. The molecular weight excluding hydrogens is 444 g/mol. The van der Waals surface area contributed by atoms with E-state index in [-0.39, 0.29) is 25.3 Å². The molecule has 5 rings (SSSR count). The van der Waals surface area contributed by atoms with Gasteiger partial charge in [0, 0.05) is 7.05 Å². The molecule has 0 aliphatic carbocycles. The van der Waals surface area contributed by atoms with Gasteiger partial charge >= 0.3 is 6.03 Å². The number of nitrogens with one attached hydrogen (secondary N) is 1. The summed E-state index contributed by atoms with van der Waals surface area (Å²) in [6, 6.07) is 11.9. The maximum absolute atomic E-state index is 13.2. The number of carbonyl (C=O) groups excluding carboxylic acids is 3. The number of urea groups is 1. The van der Waals surface area contributed by atoms with Gasteiger partial charge in [0.1, 0.15) is 17.1 Å². The number of rotatable bonds is 5. The number of fused-ring (bicyclic) bond motifs is 2. The molecule has 0 saturated carbocycles. The Kier molecular flexibility index (Phi) is 4.97. The van der Waals surface area contributed by atoms with Crippen LogP contribution in [-0.2, 0) is 15.1 Å². The molecule has 1 N–H and O–H groups in total. The maximum atomic E-state index is 13.2. The van der Waals surface area contributed by atoms with Gasteiger partial charge in [-0.15, -0.1) is 11.3 Å². The van der Waals surface area contributed by atoms with Crippen molar-refractivity contribution in [3.05, 3.63) is 53.0 Å². The lowest BCUT2D eigenvalue weighted by Crippen LogP contribution is -2.44. The van der Waals surface area contributed by atoms with E-state index in [0.717, 1.165) is 20.1 Å². The Hall–Kier alpha value is -3.66. The molecule has 9 nitrogen and oxygen atoms in total. The van der Waals surface area contributed by atoms with Crippen molar-refractivity contribution in [2.75, 3.05) is 20.4 Å². The molecule has 2 aromatic carbocycles. The Morgan fingerprint density at radius 1 is 1.24 bits per heavy atom. The van der Waals surface area contributed by atoms with Crippen molar-refractivity contribution in [2.45, 2.75) is 25.4 Å². The molecule has 0 radical (unpaired) electrons. The second-order valence-electron chi connectivity index (χ2n) is 8.21. The van der Waals surface area contributed by atoms with Crippen LogP contribution in [0.15, 0.2) is 42.5 Å². The highest BCUT2D eigenvalue weighted by atomic mass is 32.1. The summed E-state index contributed by atoms with van der Waals surface area (Å²) in [6.45, 7) is 3.23. The van der Waals surface area contributed by atoms with Gasteiger partial charge < -0.3 is 19.7 Å². The summed E-state index contributed by atoms with van der Waals surface area (Å²) in [5.41, 5.74) is 0.116. The van der Waals surface area contributed by atoms with E-state index < -0.39 is 17.5 Å². The average Bonchev–Trinajstić information content (AvgIpc) is 3.51. The first-order valence-electron chi connectivity index (χ1n) is 10.4.